The summed E-state index contributed by atoms with van der Waals surface area (Å²) in [5, 5.41) is 12.0. The molecule has 0 aliphatic carbocycles. The molecular weight excluding hydrogens is 238 g/mol. The van der Waals surface area contributed by atoms with Crippen LogP contribution in [0.5, 0.6) is 0 Å². The van der Waals surface area contributed by atoms with Gasteiger partial charge in [0.25, 0.3) is 0 Å². The molecule has 0 spiro atoms. The number of oxime groups is 1. The monoisotopic (exact) mass is 253 g/mol. The van der Waals surface area contributed by atoms with Crippen molar-refractivity contribution in [3.05, 3.63) is 30.3 Å². The molecule has 0 aliphatic rings. The minimum Gasteiger partial charge on any atom is -0.477 e. The molecule has 0 aliphatic heterocycles. The zero-order chi connectivity index (χ0) is 12.5. The molecule has 1 aromatic carbocycles. The van der Waals surface area contributed by atoms with Crippen LogP contribution in [0.3, 0.4) is 0 Å². The third-order valence-corrected chi connectivity index (χ3v) is 3.00. The first-order chi connectivity index (χ1) is 8.20. The van der Waals surface area contributed by atoms with Crippen LogP contribution in [0.15, 0.2) is 40.4 Å². The lowest BCUT2D eigenvalue weighted by atomic mass is 10.4. The zero-order valence-corrected chi connectivity index (χ0v) is 10.4. The number of hydrogen-bond donors (Lipinski definition) is 1. The Morgan fingerprint density at radius 2 is 2.12 bits per heavy atom. The molecule has 92 valence electrons. The van der Waals surface area contributed by atoms with Crippen LogP contribution < -0.4 is 0 Å². The van der Waals surface area contributed by atoms with Crippen molar-refractivity contribution in [2.24, 2.45) is 5.16 Å². The first-order valence-electron chi connectivity index (χ1n) is 5.28. The van der Waals surface area contributed by atoms with Gasteiger partial charge in [-0.25, -0.2) is 4.79 Å². The maximum absolute atomic E-state index is 10.4. The Morgan fingerprint density at radius 1 is 1.41 bits per heavy atom. The van der Waals surface area contributed by atoms with Crippen LogP contribution in [0, 0.1) is 0 Å². The summed E-state index contributed by atoms with van der Waals surface area (Å²) in [6.45, 7) is 1.84. The first kappa shape index (κ1) is 13.6. The molecule has 4 nitrogen and oxygen atoms in total. The van der Waals surface area contributed by atoms with Crippen molar-refractivity contribution in [2.45, 2.75) is 18.2 Å². The fourth-order valence-corrected chi connectivity index (χ4v) is 1.86. The summed E-state index contributed by atoms with van der Waals surface area (Å²) in [5.41, 5.74) is -0.0271. The van der Waals surface area contributed by atoms with Crippen LogP contribution >= 0.6 is 11.8 Å². The van der Waals surface area contributed by atoms with Crippen LogP contribution in [0.4, 0.5) is 0 Å². The number of carboxylic acid groups (broad SMARTS) is 1. The average molecular weight is 253 g/mol. The maximum atomic E-state index is 10.4. The third-order valence-electron chi connectivity index (χ3n) is 1.90. The van der Waals surface area contributed by atoms with Crippen LogP contribution in [0.25, 0.3) is 0 Å². The molecule has 0 unspecified atom stereocenters. The summed E-state index contributed by atoms with van der Waals surface area (Å²) in [5.74, 6) is -0.130. The number of carboxylic acids is 1. The molecule has 0 atom stereocenters. The first-order valence-corrected chi connectivity index (χ1v) is 6.26. The van der Waals surface area contributed by atoms with E-state index >= 15 is 0 Å². The summed E-state index contributed by atoms with van der Waals surface area (Å²) in [6, 6.07) is 10.1. The Kier molecular flexibility index (Phi) is 6.17. The van der Waals surface area contributed by atoms with E-state index in [9.17, 15) is 4.79 Å². The fourth-order valence-electron chi connectivity index (χ4n) is 1.01. The summed E-state index contributed by atoms with van der Waals surface area (Å²) >= 11 is 1.74. The second-order valence-corrected chi connectivity index (χ2v) is 4.50. The highest BCUT2D eigenvalue weighted by atomic mass is 32.2. The Bertz CT molecular complexity index is 379. The smallest absolute Gasteiger partial charge is 0.353 e. The van der Waals surface area contributed by atoms with Crippen LogP contribution in [0.1, 0.15) is 13.3 Å². The van der Waals surface area contributed by atoms with E-state index in [1.807, 2.05) is 18.2 Å². The van der Waals surface area contributed by atoms with Crippen molar-refractivity contribution in [1.29, 1.82) is 0 Å². The Balaban J connectivity index is 2.10. The van der Waals surface area contributed by atoms with Gasteiger partial charge in [0.15, 0.2) is 5.71 Å². The zero-order valence-electron chi connectivity index (χ0n) is 9.63. The predicted octanol–water partition coefficient (Wildman–Crippen LogP) is 2.65. The summed E-state index contributed by atoms with van der Waals surface area (Å²) in [7, 11) is 0. The molecule has 0 aromatic heterocycles. The molecular formula is C12H15NO3S. The Morgan fingerprint density at radius 3 is 2.76 bits per heavy atom. The second kappa shape index (κ2) is 7.73. The standard InChI is InChI=1S/C12H15NO3S/c1-10(12(14)15)13-16-8-5-9-17-11-6-3-2-4-7-11/h2-4,6-7H,5,8-9H2,1H3,(H,14,15). The SMILES string of the molecule is CC(=NOCCCSc1ccccc1)C(=O)O. The lowest BCUT2D eigenvalue weighted by Gasteiger charge is -2.01. The number of thioether (sulfide) groups is 1. The number of hydrogen-bond acceptors (Lipinski definition) is 4. The van der Waals surface area contributed by atoms with Gasteiger partial charge in [-0.1, -0.05) is 23.4 Å². The molecule has 0 bridgehead atoms. The van der Waals surface area contributed by atoms with E-state index < -0.39 is 5.97 Å². The molecule has 0 fully saturated rings. The van der Waals surface area contributed by atoms with Crippen molar-refractivity contribution in [3.63, 3.8) is 0 Å². The lowest BCUT2D eigenvalue weighted by Crippen LogP contribution is -2.08. The average Bonchev–Trinajstić information content (AvgIpc) is 2.34. The number of carbonyl (C=O) groups is 1. The van der Waals surface area contributed by atoms with Gasteiger partial charge in [-0.3, -0.25) is 0 Å². The van der Waals surface area contributed by atoms with E-state index in [0.29, 0.717) is 6.61 Å². The summed E-state index contributed by atoms with van der Waals surface area (Å²) < 4.78 is 0. The Labute approximate surface area is 105 Å². The fraction of sp³-hybridized carbons (Fsp3) is 0.333. The van der Waals surface area contributed by atoms with E-state index in [-0.39, 0.29) is 5.71 Å². The van der Waals surface area contributed by atoms with Crippen LogP contribution in [0.2, 0.25) is 0 Å². The quantitative estimate of drug-likeness (QED) is 0.351. The van der Waals surface area contributed by atoms with Gasteiger partial charge in [-0.15, -0.1) is 11.8 Å². The van der Waals surface area contributed by atoms with E-state index in [2.05, 4.69) is 17.3 Å². The molecule has 0 saturated heterocycles. The molecule has 0 heterocycles. The normalized spacial score (nSPS) is 11.2. The third kappa shape index (κ3) is 5.97. The minimum atomic E-state index is -1.05. The van der Waals surface area contributed by atoms with Gasteiger partial charge < -0.3 is 9.94 Å². The Hall–Kier alpha value is -1.49. The molecule has 5 heteroatoms. The number of nitrogens with zero attached hydrogens (tertiary/aromatic N) is 1. The number of aliphatic carboxylic acids is 1. The van der Waals surface area contributed by atoms with Gasteiger partial charge in [-0.2, -0.15) is 0 Å². The number of rotatable bonds is 7. The maximum Gasteiger partial charge on any atom is 0.353 e. The van der Waals surface area contributed by atoms with Crippen molar-refractivity contribution >= 4 is 23.4 Å². The number of benzene rings is 1. The predicted molar refractivity (Wildman–Crippen MR) is 68.5 cm³/mol. The van der Waals surface area contributed by atoms with E-state index in [1.54, 1.807) is 11.8 Å². The largest absolute Gasteiger partial charge is 0.477 e. The van der Waals surface area contributed by atoms with Crippen molar-refractivity contribution in [2.75, 3.05) is 12.4 Å². The molecule has 1 N–H and O–H groups in total. The molecule has 17 heavy (non-hydrogen) atoms. The van der Waals surface area contributed by atoms with E-state index in [4.69, 9.17) is 9.94 Å². The van der Waals surface area contributed by atoms with Crippen molar-refractivity contribution in [1.82, 2.24) is 0 Å². The highest BCUT2D eigenvalue weighted by Gasteiger charge is 2.01. The van der Waals surface area contributed by atoms with Gasteiger partial charge in [0.1, 0.15) is 6.61 Å². The molecule has 0 radical (unpaired) electrons. The van der Waals surface area contributed by atoms with E-state index in [0.717, 1.165) is 12.2 Å². The van der Waals surface area contributed by atoms with Crippen LogP contribution in [-0.2, 0) is 9.63 Å². The second-order valence-electron chi connectivity index (χ2n) is 3.33. The molecule has 0 saturated carbocycles. The lowest BCUT2D eigenvalue weighted by molar-refractivity contribution is -0.129. The van der Waals surface area contributed by atoms with E-state index in [1.165, 1.54) is 11.8 Å². The van der Waals surface area contributed by atoms with Crippen molar-refractivity contribution in [3.8, 4) is 0 Å². The molecule has 1 rings (SSSR count). The van der Waals surface area contributed by atoms with Crippen molar-refractivity contribution < 1.29 is 14.7 Å². The van der Waals surface area contributed by atoms with Gasteiger partial charge in [-0.05, 0) is 25.5 Å². The minimum absolute atomic E-state index is 0.0271. The molecule has 0 amide bonds. The van der Waals surface area contributed by atoms with Gasteiger partial charge in [0, 0.05) is 10.6 Å². The van der Waals surface area contributed by atoms with Gasteiger partial charge in [0.2, 0.25) is 0 Å². The highest BCUT2D eigenvalue weighted by Crippen LogP contribution is 2.17. The summed E-state index contributed by atoms with van der Waals surface area (Å²) in [4.78, 5) is 16.5. The van der Waals surface area contributed by atoms with Crippen LogP contribution in [-0.4, -0.2) is 29.1 Å². The topological polar surface area (TPSA) is 58.9 Å². The summed E-state index contributed by atoms with van der Waals surface area (Å²) in [6.07, 6.45) is 0.829. The van der Waals surface area contributed by atoms with Gasteiger partial charge in [0.05, 0.1) is 0 Å². The highest BCUT2D eigenvalue weighted by molar-refractivity contribution is 7.99. The van der Waals surface area contributed by atoms with Gasteiger partial charge >= 0.3 is 5.97 Å². The molecule has 1 aromatic rings.